The first-order chi connectivity index (χ1) is 12.1. The van der Waals surface area contributed by atoms with Crippen molar-refractivity contribution in [1.82, 2.24) is 19.7 Å². The van der Waals surface area contributed by atoms with E-state index >= 15 is 0 Å². The van der Waals surface area contributed by atoms with Crippen molar-refractivity contribution >= 4 is 32.6 Å². The first-order valence-corrected chi connectivity index (χ1v) is 8.83. The molecule has 0 aromatic carbocycles. The van der Waals surface area contributed by atoms with Gasteiger partial charge in [0.25, 0.3) is 0 Å². The molecule has 0 fully saturated rings. The molecule has 0 spiro atoms. The van der Waals surface area contributed by atoms with Crippen LogP contribution in [0.3, 0.4) is 0 Å². The van der Waals surface area contributed by atoms with Crippen molar-refractivity contribution in [1.29, 1.82) is 0 Å². The molecule has 0 amide bonds. The van der Waals surface area contributed by atoms with Crippen LogP contribution in [0.4, 0.5) is 0 Å². The van der Waals surface area contributed by atoms with Gasteiger partial charge in [-0.2, -0.15) is 5.10 Å². The van der Waals surface area contributed by atoms with Crippen molar-refractivity contribution in [2.24, 2.45) is 7.05 Å². The van der Waals surface area contributed by atoms with Crippen LogP contribution >= 0.6 is 11.3 Å². The fraction of sp³-hybridized carbons (Fsp3) is 0.278. The van der Waals surface area contributed by atoms with Crippen molar-refractivity contribution < 1.29 is 9.84 Å². The molecule has 0 radical (unpaired) electrons. The second-order valence-electron chi connectivity index (χ2n) is 5.98. The molecule has 6 nitrogen and oxygen atoms in total. The fourth-order valence-electron chi connectivity index (χ4n) is 2.81. The summed E-state index contributed by atoms with van der Waals surface area (Å²) in [7, 11) is 3.52. The van der Waals surface area contributed by atoms with Crippen LogP contribution in [-0.2, 0) is 11.8 Å². The molecular formula is C18H18N4O2S. The number of nitrogens with zero attached hydrogens (tertiary/aromatic N) is 4. The summed E-state index contributed by atoms with van der Waals surface area (Å²) in [6.07, 6.45) is 3.80. The van der Waals surface area contributed by atoms with E-state index in [0.717, 1.165) is 37.4 Å². The topological polar surface area (TPSA) is 73.1 Å². The Hall–Kier alpha value is -2.35. The summed E-state index contributed by atoms with van der Waals surface area (Å²) in [4.78, 5) is 11.0. The van der Waals surface area contributed by atoms with E-state index < -0.39 is 6.10 Å². The number of hydrogen-bond donors (Lipinski definition) is 1. The van der Waals surface area contributed by atoms with Gasteiger partial charge in [0.1, 0.15) is 4.83 Å². The van der Waals surface area contributed by atoms with Gasteiger partial charge < -0.3 is 9.84 Å². The third-order valence-corrected chi connectivity index (χ3v) is 5.24. The van der Waals surface area contributed by atoms with Gasteiger partial charge in [0.05, 0.1) is 11.8 Å². The number of fused-ring (bicyclic) bond motifs is 2. The predicted octanol–water partition coefficient (Wildman–Crippen LogP) is 3.31. The van der Waals surface area contributed by atoms with E-state index in [9.17, 15) is 5.11 Å². The Kier molecular flexibility index (Phi) is 4.20. The maximum absolute atomic E-state index is 10.2. The zero-order chi connectivity index (χ0) is 17.4. The van der Waals surface area contributed by atoms with Gasteiger partial charge in [0, 0.05) is 60.8 Å². The van der Waals surface area contributed by atoms with Crippen LogP contribution in [0, 0.1) is 0 Å². The average molecular weight is 354 g/mol. The van der Waals surface area contributed by atoms with Gasteiger partial charge in [-0.3, -0.25) is 4.68 Å². The minimum Gasteiger partial charge on any atom is -0.387 e. The number of methoxy groups -OCH3 is 1. The van der Waals surface area contributed by atoms with Gasteiger partial charge in [-0.15, -0.1) is 11.3 Å². The third kappa shape index (κ3) is 3.13. The van der Waals surface area contributed by atoms with Crippen LogP contribution in [0.5, 0.6) is 0 Å². The lowest BCUT2D eigenvalue weighted by Gasteiger charge is -2.06. The number of thiophene rings is 1. The van der Waals surface area contributed by atoms with Gasteiger partial charge in [-0.05, 0) is 24.3 Å². The van der Waals surface area contributed by atoms with Gasteiger partial charge in [0.15, 0.2) is 5.65 Å². The summed E-state index contributed by atoms with van der Waals surface area (Å²) in [6, 6.07) is 8.07. The SMILES string of the molecule is COCC[C@@H](O)c1cc2ccc(-c3cnc4nn(C)cc4c3)nc2s1. The smallest absolute Gasteiger partial charge is 0.181 e. The minimum absolute atomic E-state index is 0.518. The molecule has 25 heavy (non-hydrogen) atoms. The predicted molar refractivity (Wildman–Crippen MR) is 98.6 cm³/mol. The number of hydrogen-bond acceptors (Lipinski definition) is 6. The molecule has 4 heterocycles. The number of pyridine rings is 2. The summed E-state index contributed by atoms with van der Waals surface area (Å²) < 4.78 is 6.79. The maximum atomic E-state index is 10.2. The highest BCUT2D eigenvalue weighted by Crippen LogP contribution is 2.32. The van der Waals surface area contributed by atoms with Gasteiger partial charge >= 0.3 is 0 Å². The van der Waals surface area contributed by atoms with E-state index in [2.05, 4.69) is 10.1 Å². The quantitative estimate of drug-likeness (QED) is 0.595. The van der Waals surface area contributed by atoms with Crippen molar-refractivity contribution in [2.45, 2.75) is 12.5 Å². The number of aliphatic hydroxyl groups is 1. The lowest BCUT2D eigenvalue weighted by atomic mass is 10.1. The summed E-state index contributed by atoms with van der Waals surface area (Å²) in [5, 5.41) is 16.6. The van der Waals surface area contributed by atoms with Crippen molar-refractivity contribution in [3.8, 4) is 11.3 Å². The highest BCUT2D eigenvalue weighted by atomic mass is 32.1. The molecule has 7 heteroatoms. The van der Waals surface area contributed by atoms with E-state index in [1.807, 2.05) is 37.5 Å². The number of ether oxygens (including phenoxy) is 1. The lowest BCUT2D eigenvalue weighted by Crippen LogP contribution is -1.99. The monoisotopic (exact) mass is 354 g/mol. The molecule has 128 valence electrons. The first kappa shape index (κ1) is 16.1. The Morgan fingerprint density at radius 1 is 1.28 bits per heavy atom. The van der Waals surface area contributed by atoms with Crippen molar-refractivity contribution in [3.05, 3.63) is 41.5 Å². The maximum Gasteiger partial charge on any atom is 0.181 e. The molecule has 1 N–H and O–H groups in total. The van der Waals surface area contributed by atoms with Crippen LogP contribution < -0.4 is 0 Å². The molecule has 0 aliphatic carbocycles. The molecule has 4 aromatic rings. The fourth-order valence-corrected chi connectivity index (χ4v) is 3.86. The highest BCUT2D eigenvalue weighted by molar-refractivity contribution is 7.18. The van der Waals surface area contributed by atoms with Crippen molar-refractivity contribution in [2.75, 3.05) is 13.7 Å². The largest absolute Gasteiger partial charge is 0.387 e. The molecule has 0 aliphatic rings. The molecular weight excluding hydrogens is 336 g/mol. The molecule has 0 unspecified atom stereocenters. The normalized spacial score (nSPS) is 12.9. The van der Waals surface area contributed by atoms with Crippen LogP contribution in [0.15, 0.2) is 36.7 Å². The molecule has 4 aromatic heterocycles. The summed E-state index contributed by atoms with van der Waals surface area (Å²) in [5.74, 6) is 0. The Balaban J connectivity index is 1.69. The van der Waals surface area contributed by atoms with Crippen LogP contribution in [0.25, 0.3) is 32.5 Å². The van der Waals surface area contributed by atoms with E-state index in [-0.39, 0.29) is 0 Å². The number of rotatable bonds is 5. The summed E-state index contributed by atoms with van der Waals surface area (Å²) in [5.41, 5.74) is 2.55. The zero-order valence-electron chi connectivity index (χ0n) is 14.0. The minimum atomic E-state index is -0.518. The average Bonchev–Trinajstić information content (AvgIpc) is 3.20. The molecule has 1 atom stereocenters. The number of aryl methyl sites for hydroxylation is 1. The van der Waals surface area contributed by atoms with Crippen LogP contribution in [-0.4, -0.2) is 38.6 Å². The molecule has 4 rings (SSSR count). The van der Waals surface area contributed by atoms with Crippen LogP contribution in [0.1, 0.15) is 17.4 Å². The highest BCUT2D eigenvalue weighted by Gasteiger charge is 2.13. The van der Waals surface area contributed by atoms with Gasteiger partial charge in [-0.1, -0.05) is 0 Å². The molecule has 0 saturated carbocycles. The lowest BCUT2D eigenvalue weighted by molar-refractivity contribution is 0.113. The summed E-state index contributed by atoms with van der Waals surface area (Å²) in [6.45, 7) is 0.533. The first-order valence-electron chi connectivity index (χ1n) is 8.01. The van der Waals surface area contributed by atoms with Crippen LogP contribution in [0.2, 0.25) is 0 Å². The zero-order valence-corrected chi connectivity index (χ0v) is 14.8. The Morgan fingerprint density at radius 3 is 3.00 bits per heavy atom. The van der Waals surface area contributed by atoms with Crippen molar-refractivity contribution in [3.63, 3.8) is 0 Å². The van der Waals surface area contributed by atoms with Gasteiger partial charge in [0.2, 0.25) is 0 Å². The number of aliphatic hydroxyl groups excluding tert-OH is 1. The van der Waals surface area contributed by atoms with E-state index in [4.69, 9.17) is 9.72 Å². The van der Waals surface area contributed by atoms with E-state index in [1.165, 1.54) is 11.3 Å². The Bertz CT molecular complexity index is 1040. The van der Waals surface area contributed by atoms with E-state index in [1.54, 1.807) is 18.0 Å². The third-order valence-electron chi connectivity index (χ3n) is 4.10. The number of aromatic nitrogens is 4. The van der Waals surface area contributed by atoms with E-state index in [0.29, 0.717) is 13.0 Å². The Morgan fingerprint density at radius 2 is 2.16 bits per heavy atom. The molecule has 0 aliphatic heterocycles. The molecule has 0 bridgehead atoms. The standard InChI is InChI=1S/C18H18N4O2S/c1-22-10-13-7-12(9-19-17(13)21-22)14-4-3-11-8-16(25-18(11)20-14)15(23)5-6-24-2/h3-4,7-10,15,23H,5-6H2,1-2H3/t15-/m1/s1. The second kappa shape index (κ2) is 6.51. The Labute approximate surface area is 148 Å². The summed E-state index contributed by atoms with van der Waals surface area (Å²) >= 11 is 1.52. The molecule has 0 saturated heterocycles. The second-order valence-corrected chi connectivity index (χ2v) is 7.04. The van der Waals surface area contributed by atoms with Gasteiger partial charge in [-0.25, -0.2) is 9.97 Å².